The zero-order valence-corrected chi connectivity index (χ0v) is 19.6. The lowest BCUT2D eigenvalue weighted by molar-refractivity contribution is -0.130. The Bertz CT molecular complexity index is 1220. The number of anilines is 2. The van der Waals surface area contributed by atoms with Crippen LogP contribution in [0.4, 0.5) is 29.3 Å². The van der Waals surface area contributed by atoms with Crippen molar-refractivity contribution in [3.63, 3.8) is 0 Å². The molecule has 2 heterocycles. The molecule has 3 atom stereocenters. The van der Waals surface area contributed by atoms with Gasteiger partial charge in [0.15, 0.2) is 17.3 Å². The van der Waals surface area contributed by atoms with Crippen molar-refractivity contribution < 1.29 is 36.2 Å². The lowest BCUT2D eigenvalue weighted by Gasteiger charge is -2.45. The van der Waals surface area contributed by atoms with Gasteiger partial charge in [-0.3, -0.25) is 4.79 Å². The molecule has 3 fully saturated rings. The van der Waals surface area contributed by atoms with Gasteiger partial charge < -0.3 is 24.1 Å². The molecule has 1 amide bonds. The standard InChI is InChI=1S/C24H24F4N4O4/c1-23(34-2)10-32(11-23)22-31-19(18(36-22)8-24(26,27)28)21(33)30-15-4-14(9-29)20(17(25)7-15)35-16-5-12-3-13(12)6-16/h4,7,12-13,16H,3,5-6,8,10-11H2,1-2H3,(H,30,33)/t12-,13?,16?/m0/s1. The molecule has 2 unspecified atom stereocenters. The van der Waals surface area contributed by atoms with Crippen molar-refractivity contribution in [2.45, 2.75) is 50.5 Å². The maximum Gasteiger partial charge on any atom is 0.396 e. The molecule has 2 aliphatic carbocycles. The molecule has 12 heteroatoms. The van der Waals surface area contributed by atoms with Gasteiger partial charge in [0, 0.05) is 18.9 Å². The molecule has 0 bridgehead atoms. The van der Waals surface area contributed by atoms with E-state index in [4.69, 9.17) is 13.9 Å². The van der Waals surface area contributed by atoms with Crippen molar-refractivity contribution in [2.75, 3.05) is 30.4 Å². The lowest BCUT2D eigenvalue weighted by Crippen LogP contribution is -2.61. The number of nitriles is 1. The molecule has 1 aromatic heterocycles. The van der Waals surface area contributed by atoms with Crippen molar-refractivity contribution in [3.8, 4) is 11.8 Å². The van der Waals surface area contributed by atoms with Crippen molar-refractivity contribution in [2.24, 2.45) is 11.8 Å². The van der Waals surface area contributed by atoms with Crippen LogP contribution in [0, 0.1) is 29.0 Å². The molecule has 3 aliphatic rings. The summed E-state index contributed by atoms with van der Waals surface area (Å²) in [6.07, 6.45) is -3.55. The summed E-state index contributed by atoms with van der Waals surface area (Å²) in [6.45, 7) is 2.45. The van der Waals surface area contributed by atoms with E-state index >= 15 is 0 Å². The molecule has 1 saturated heterocycles. The van der Waals surface area contributed by atoms with Gasteiger partial charge in [-0.1, -0.05) is 0 Å². The van der Waals surface area contributed by atoms with Gasteiger partial charge in [-0.2, -0.15) is 23.4 Å². The van der Waals surface area contributed by atoms with Crippen molar-refractivity contribution >= 4 is 17.6 Å². The van der Waals surface area contributed by atoms with Crippen LogP contribution < -0.4 is 15.0 Å². The van der Waals surface area contributed by atoms with E-state index in [1.54, 1.807) is 4.90 Å². The Morgan fingerprint density at radius 2 is 2.00 bits per heavy atom. The number of halogens is 4. The minimum atomic E-state index is -4.65. The van der Waals surface area contributed by atoms with Crippen LogP contribution in [-0.4, -0.2) is 49.0 Å². The van der Waals surface area contributed by atoms with Gasteiger partial charge >= 0.3 is 6.18 Å². The summed E-state index contributed by atoms with van der Waals surface area (Å²) in [7, 11) is 1.52. The molecule has 1 N–H and O–H groups in total. The van der Waals surface area contributed by atoms with E-state index in [9.17, 15) is 27.6 Å². The summed E-state index contributed by atoms with van der Waals surface area (Å²) in [5.74, 6) is -1.53. The third-order valence-corrected chi connectivity index (χ3v) is 6.98. The average molecular weight is 508 g/mol. The number of ether oxygens (including phenoxy) is 2. The normalized spacial score (nSPS) is 24.0. The first-order valence-corrected chi connectivity index (χ1v) is 11.5. The van der Waals surface area contributed by atoms with Crippen molar-refractivity contribution in [1.29, 1.82) is 5.26 Å². The summed E-state index contributed by atoms with van der Waals surface area (Å²) in [5.41, 5.74) is -1.32. The van der Waals surface area contributed by atoms with Crippen molar-refractivity contribution in [3.05, 3.63) is 35.0 Å². The number of hydrogen-bond donors (Lipinski definition) is 1. The van der Waals surface area contributed by atoms with E-state index < -0.39 is 41.4 Å². The number of carbonyl (C=O) groups is 1. The maximum atomic E-state index is 14.9. The summed E-state index contributed by atoms with van der Waals surface area (Å²) in [4.78, 5) is 18.4. The average Bonchev–Trinajstić information content (AvgIpc) is 3.19. The monoisotopic (exact) mass is 508 g/mol. The quantitative estimate of drug-likeness (QED) is 0.552. The van der Waals surface area contributed by atoms with E-state index in [2.05, 4.69) is 10.3 Å². The van der Waals surface area contributed by atoms with Gasteiger partial charge in [0.2, 0.25) is 0 Å². The Kier molecular flexibility index (Phi) is 5.86. The predicted molar refractivity (Wildman–Crippen MR) is 118 cm³/mol. The zero-order valence-electron chi connectivity index (χ0n) is 19.6. The van der Waals surface area contributed by atoms with E-state index in [1.807, 2.05) is 13.0 Å². The fourth-order valence-electron chi connectivity index (χ4n) is 4.96. The second kappa shape index (κ2) is 8.65. The third-order valence-electron chi connectivity index (χ3n) is 6.98. The minimum absolute atomic E-state index is 0.117. The first-order chi connectivity index (χ1) is 17.0. The second-order valence-electron chi connectivity index (χ2n) is 9.94. The molecular formula is C24H24F4N4O4. The fraction of sp³-hybridized carbons (Fsp3) is 0.542. The topological polar surface area (TPSA) is 101 Å². The number of fused-ring (bicyclic) bond motifs is 1. The number of hydrogen-bond acceptors (Lipinski definition) is 7. The van der Waals surface area contributed by atoms with Gasteiger partial charge in [0.05, 0.1) is 24.8 Å². The first-order valence-electron chi connectivity index (χ1n) is 11.5. The molecule has 36 heavy (non-hydrogen) atoms. The lowest BCUT2D eigenvalue weighted by atomic mass is 9.97. The van der Waals surface area contributed by atoms with E-state index in [-0.39, 0.29) is 29.1 Å². The summed E-state index contributed by atoms with van der Waals surface area (Å²) < 4.78 is 70.6. The molecule has 2 saturated carbocycles. The molecule has 0 spiro atoms. The number of oxazole rings is 1. The highest BCUT2D eigenvalue weighted by molar-refractivity contribution is 6.04. The van der Waals surface area contributed by atoms with Crippen LogP contribution in [0.1, 0.15) is 48.0 Å². The number of nitrogens with one attached hydrogen (secondary N) is 1. The highest BCUT2D eigenvalue weighted by Crippen LogP contribution is 2.52. The number of aromatic nitrogens is 1. The molecule has 192 valence electrons. The Hall–Kier alpha value is -3.33. The molecule has 2 aromatic rings. The Morgan fingerprint density at radius 3 is 2.61 bits per heavy atom. The summed E-state index contributed by atoms with van der Waals surface area (Å²) in [6, 6.07) is 3.90. The van der Waals surface area contributed by atoms with E-state index in [0.717, 1.165) is 25.3 Å². The second-order valence-corrected chi connectivity index (χ2v) is 9.94. The number of amides is 1. The zero-order chi connectivity index (χ0) is 25.8. The van der Waals surface area contributed by atoms with Gasteiger partial charge in [0.25, 0.3) is 11.9 Å². The third kappa shape index (κ3) is 4.84. The first kappa shape index (κ1) is 24.4. The minimum Gasteiger partial charge on any atom is -0.486 e. The molecule has 5 rings (SSSR count). The van der Waals surface area contributed by atoms with Crippen LogP contribution in [0.3, 0.4) is 0 Å². The Morgan fingerprint density at radius 1 is 1.31 bits per heavy atom. The highest BCUT2D eigenvalue weighted by atomic mass is 19.4. The molecule has 1 aliphatic heterocycles. The Balaban J connectivity index is 1.35. The predicted octanol–water partition coefficient (Wildman–Crippen LogP) is 4.44. The van der Waals surface area contributed by atoms with Crippen LogP contribution in [0.25, 0.3) is 0 Å². The van der Waals surface area contributed by atoms with Crippen LogP contribution in [0.2, 0.25) is 0 Å². The molecular weight excluding hydrogens is 484 g/mol. The molecule has 8 nitrogen and oxygen atoms in total. The summed E-state index contributed by atoms with van der Waals surface area (Å²) in [5, 5.41) is 11.8. The largest absolute Gasteiger partial charge is 0.486 e. The van der Waals surface area contributed by atoms with E-state index in [0.29, 0.717) is 24.9 Å². The number of nitrogens with zero attached hydrogens (tertiary/aromatic N) is 3. The molecule has 1 aromatic carbocycles. The number of carbonyl (C=O) groups excluding carboxylic acids is 1. The number of alkyl halides is 3. The van der Waals surface area contributed by atoms with Crippen LogP contribution in [0.15, 0.2) is 16.5 Å². The number of rotatable bonds is 7. The number of benzene rings is 1. The van der Waals surface area contributed by atoms with Gasteiger partial charge in [-0.05, 0) is 44.1 Å². The summed E-state index contributed by atoms with van der Waals surface area (Å²) >= 11 is 0. The highest BCUT2D eigenvalue weighted by Gasteiger charge is 2.47. The number of methoxy groups -OCH3 is 1. The van der Waals surface area contributed by atoms with Gasteiger partial charge in [-0.25, -0.2) is 4.39 Å². The van der Waals surface area contributed by atoms with Crippen LogP contribution >= 0.6 is 0 Å². The van der Waals surface area contributed by atoms with E-state index in [1.165, 1.54) is 13.2 Å². The van der Waals surface area contributed by atoms with Crippen LogP contribution in [0.5, 0.6) is 5.75 Å². The fourth-order valence-corrected chi connectivity index (χ4v) is 4.96. The van der Waals surface area contributed by atoms with Crippen molar-refractivity contribution in [1.82, 2.24) is 4.98 Å². The SMILES string of the molecule is COC1(C)CN(c2nc(C(=O)Nc3cc(F)c(OC4CC5C[C@H]5C4)c(C#N)c3)c(CC(F)(F)F)o2)C1. The maximum absolute atomic E-state index is 14.9. The Labute approximate surface area is 204 Å². The van der Waals surface area contributed by atoms with Crippen LogP contribution in [-0.2, 0) is 11.2 Å². The van der Waals surface area contributed by atoms with Gasteiger partial charge in [-0.15, -0.1) is 0 Å². The van der Waals surface area contributed by atoms with Gasteiger partial charge in [0.1, 0.15) is 23.9 Å². The molecule has 0 radical (unpaired) electrons. The smallest absolute Gasteiger partial charge is 0.396 e.